The average Bonchev–Trinajstić information content (AvgIpc) is 3.65. The summed E-state index contributed by atoms with van der Waals surface area (Å²) < 4.78 is 16.3. The summed E-state index contributed by atoms with van der Waals surface area (Å²) in [5.74, 6) is 1.39. The van der Waals surface area contributed by atoms with E-state index in [4.69, 9.17) is 19.6 Å². The molecule has 0 aliphatic heterocycles. The van der Waals surface area contributed by atoms with E-state index in [9.17, 15) is 4.79 Å². The van der Waals surface area contributed by atoms with Crippen LogP contribution in [0.25, 0.3) is 16.3 Å². The zero-order chi connectivity index (χ0) is 26.8. The van der Waals surface area contributed by atoms with Gasteiger partial charge in [0.1, 0.15) is 11.5 Å². The van der Waals surface area contributed by atoms with Gasteiger partial charge in [0.25, 0.3) is 5.56 Å². The maximum absolute atomic E-state index is 13.5. The Balaban J connectivity index is 1.72. The van der Waals surface area contributed by atoms with Crippen LogP contribution in [0.4, 0.5) is 5.69 Å². The molecule has 0 saturated heterocycles. The van der Waals surface area contributed by atoms with Crippen molar-refractivity contribution in [2.24, 2.45) is 17.1 Å². The van der Waals surface area contributed by atoms with E-state index in [1.165, 1.54) is 11.3 Å². The van der Waals surface area contributed by atoms with Gasteiger partial charge in [0.15, 0.2) is 5.69 Å². The second kappa shape index (κ2) is 10.7. The predicted molar refractivity (Wildman–Crippen MR) is 154 cm³/mol. The van der Waals surface area contributed by atoms with Gasteiger partial charge in [-0.05, 0) is 55.6 Å². The molecular weight excluding hydrogens is 518 g/mol. The summed E-state index contributed by atoms with van der Waals surface area (Å²) in [4.78, 5) is 20.0. The largest absolute Gasteiger partial charge is 0.497 e. The number of methoxy groups -OCH3 is 2. The lowest BCUT2D eigenvalue weighted by Gasteiger charge is -2.11. The number of hydrogen-bond acceptors (Lipinski definition) is 7. The second-order valence-corrected chi connectivity index (χ2v) is 10.3. The molecule has 0 bridgehead atoms. The van der Waals surface area contributed by atoms with Crippen LogP contribution in [-0.2, 0) is 7.05 Å². The van der Waals surface area contributed by atoms with Gasteiger partial charge in [0, 0.05) is 18.0 Å². The van der Waals surface area contributed by atoms with Crippen LogP contribution in [0, 0.1) is 6.92 Å². The number of thiophene rings is 1. The Bertz CT molecular complexity index is 1740. The molecule has 38 heavy (non-hydrogen) atoms. The van der Waals surface area contributed by atoms with E-state index in [1.54, 1.807) is 34.9 Å². The smallest absolute Gasteiger partial charge is 0.297 e. The zero-order valence-electron chi connectivity index (χ0n) is 21.7. The molecule has 3 aromatic heterocycles. The Kier molecular flexibility index (Phi) is 7.17. The summed E-state index contributed by atoms with van der Waals surface area (Å²) in [7, 11) is 5.12. The lowest BCUT2D eigenvalue weighted by atomic mass is 10.1. The normalized spacial score (nSPS) is 12.2. The molecule has 0 radical (unpaired) electrons. The van der Waals surface area contributed by atoms with E-state index in [2.05, 4.69) is 0 Å². The molecule has 0 fully saturated rings. The number of ether oxygens (including phenoxy) is 2. The second-order valence-electron chi connectivity index (χ2n) is 8.47. The number of aromatic nitrogens is 3. The first-order chi connectivity index (χ1) is 18.4. The summed E-state index contributed by atoms with van der Waals surface area (Å²) in [6.07, 6.45) is 0. The fourth-order valence-electron chi connectivity index (χ4n) is 4.15. The van der Waals surface area contributed by atoms with Gasteiger partial charge in [0.05, 0.1) is 41.9 Å². The molecule has 0 spiro atoms. The van der Waals surface area contributed by atoms with E-state index >= 15 is 0 Å². The van der Waals surface area contributed by atoms with Crippen molar-refractivity contribution >= 4 is 34.1 Å². The van der Waals surface area contributed by atoms with Crippen LogP contribution in [0.5, 0.6) is 11.5 Å². The van der Waals surface area contributed by atoms with E-state index in [0.29, 0.717) is 27.7 Å². The van der Waals surface area contributed by atoms with Gasteiger partial charge in [-0.1, -0.05) is 24.3 Å². The minimum atomic E-state index is -0.191. The summed E-state index contributed by atoms with van der Waals surface area (Å²) in [6.45, 7) is 3.81. The van der Waals surface area contributed by atoms with Crippen molar-refractivity contribution in [1.82, 2.24) is 14.0 Å². The Morgan fingerprint density at radius 1 is 0.974 bits per heavy atom. The van der Waals surface area contributed by atoms with E-state index in [0.717, 1.165) is 27.5 Å². The van der Waals surface area contributed by atoms with Gasteiger partial charge in [0.2, 0.25) is 4.80 Å². The zero-order valence-corrected chi connectivity index (χ0v) is 23.3. The highest BCUT2D eigenvalue weighted by Crippen LogP contribution is 2.28. The van der Waals surface area contributed by atoms with Crippen LogP contribution in [0.2, 0.25) is 0 Å². The van der Waals surface area contributed by atoms with E-state index < -0.39 is 0 Å². The first kappa shape index (κ1) is 25.5. The van der Waals surface area contributed by atoms with Crippen molar-refractivity contribution in [2.75, 3.05) is 14.2 Å². The van der Waals surface area contributed by atoms with Crippen LogP contribution < -0.4 is 19.8 Å². The standard InChI is InChI=1S/C28H27N5O3S2/c1-18(22-16-21(35-4)13-14-24(22)36-5)30-32-23(25-12-9-15-37-25)17-38-28(32)29-26-19(2)31(3)33(27(26)34)20-10-7-6-8-11-20/h6-17H,1-5H3. The van der Waals surface area contributed by atoms with Crippen LogP contribution >= 0.6 is 22.7 Å². The molecule has 2 aromatic carbocycles. The third kappa shape index (κ3) is 4.64. The maximum Gasteiger partial charge on any atom is 0.297 e. The first-order valence-corrected chi connectivity index (χ1v) is 13.6. The van der Waals surface area contributed by atoms with Crippen LogP contribution in [0.1, 0.15) is 18.2 Å². The number of rotatable bonds is 7. The third-order valence-corrected chi connectivity index (χ3v) is 7.95. The van der Waals surface area contributed by atoms with Crippen molar-refractivity contribution in [1.29, 1.82) is 0 Å². The molecule has 0 aliphatic carbocycles. The van der Waals surface area contributed by atoms with E-state index in [1.807, 2.05) is 97.0 Å². The SMILES string of the molecule is COc1ccc(OC)c(C(C)=Nn2c(-c3cccs3)csc2=Nc2c(C)n(C)n(-c3ccccc3)c2=O)c1. The molecule has 0 aliphatic rings. The van der Waals surface area contributed by atoms with Crippen molar-refractivity contribution in [3.05, 3.63) is 97.8 Å². The topological polar surface area (TPSA) is 75.0 Å². The Morgan fingerprint density at radius 3 is 2.45 bits per heavy atom. The minimum Gasteiger partial charge on any atom is -0.497 e. The third-order valence-electron chi connectivity index (χ3n) is 6.24. The average molecular weight is 546 g/mol. The molecule has 3 heterocycles. The summed E-state index contributed by atoms with van der Waals surface area (Å²) in [5.41, 5.74) is 4.12. The highest BCUT2D eigenvalue weighted by Gasteiger charge is 2.18. The number of para-hydroxylation sites is 1. The minimum absolute atomic E-state index is 0.191. The molecular formula is C28H27N5O3S2. The highest BCUT2D eigenvalue weighted by molar-refractivity contribution is 7.14. The molecule has 0 amide bonds. The summed E-state index contributed by atoms with van der Waals surface area (Å²) >= 11 is 3.05. The first-order valence-electron chi connectivity index (χ1n) is 11.8. The van der Waals surface area contributed by atoms with Crippen molar-refractivity contribution in [3.63, 3.8) is 0 Å². The van der Waals surface area contributed by atoms with Gasteiger partial charge in [-0.3, -0.25) is 9.48 Å². The molecule has 0 unspecified atom stereocenters. The highest BCUT2D eigenvalue weighted by atomic mass is 32.1. The molecule has 5 aromatic rings. The molecule has 8 nitrogen and oxygen atoms in total. The van der Waals surface area contributed by atoms with Crippen molar-refractivity contribution in [2.45, 2.75) is 13.8 Å². The Morgan fingerprint density at radius 2 is 1.76 bits per heavy atom. The van der Waals surface area contributed by atoms with Crippen LogP contribution in [0.15, 0.2) is 86.3 Å². The predicted octanol–water partition coefficient (Wildman–Crippen LogP) is 5.60. The van der Waals surface area contributed by atoms with Gasteiger partial charge < -0.3 is 9.47 Å². The molecule has 5 rings (SSSR count). The number of hydrogen-bond donors (Lipinski definition) is 0. The van der Waals surface area contributed by atoms with Gasteiger partial charge in [-0.25, -0.2) is 14.4 Å². The number of thiazole rings is 1. The van der Waals surface area contributed by atoms with Gasteiger partial charge in [-0.15, -0.1) is 22.7 Å². The lowest BCUT2D eigenvalue weighted by Crippen LogP contribution is -2.20. The summed E-state index contributed by atoms with van der Waals surface area (Å²) in [5, 5.41) is 9.01. The molecule has 10 heteroatoms. The maximum atomic E-state index is 13.5. The molecule has 0 saturated carbocycles. The van der Waals surface area contributed by atoms with E-state index in [-0.39, 0.29) is 5.56 Å². The number of nitrogens with zero attached hydrogens (tertiary/aromatic N) is 5. The lowest BCUT2D eigenvalue weighted by molar-refractivity contribution is 0.402. The molecule has 0 N–H and O–H groups in total. The fourth-order valence-corrected chi connectivity index (χ4v) is 5.78. The fraction of sp³-hybridized carbons (Fsp3) is 0.179. The van der Waals surface area contributed by atoms with Crippen molar-refractivity contribution in [3.8, 4) is 27.8 Å². The van der Waals surface area contributed by atoms with Gasteiger partial charge >= 0.3 is 0 Å². The van der Waals surface area contributed by atoms with Crippen molar-refractivity contribution < 1.29 is 9.47 Å². The molecule has 0 atom stereocenters. The van der Waals surface area contributed by atoms with Crippen LogP contribution in [0.3, 0.4) is 0 Å². The number of benzene rings is 2. The quantitative estimate of drug-likeness (QED) is 0.250. The Labute approximate surface area is 228 Å². The van der Waals surface area contributed by atoms with Crippen LogP contribution in [-0.4, -0.2) is 34.0 Å². The van der Waals surface area contributed by atoms with Gasteiger partial charge in [-0.2, -0.15) is 5.10 Å². The Hall–Kier alpha value is -4.15. The summed E-state index contributed by atoms with van der Waals surface area (Å²) in [6, 6.07) is 19.2. The monoisotopic (exact) mass is 545 g/mol. The molecule has 194 valence electrons.